The van der Waals surface area contributed by atoms with Gasteiger partial charge in [-0.15, -0.1) is 0 Å². The van der Waals surface area contributed by atoms with E-state index in [0.29, 0.717) is 19.4 Å². The van der Waals surface area contributed by atoms with Gasteiger partial charge >= 0.3 is 5.97 Å². The van der Waals surface area contributed by atoms with E-state index >= 15 is 0 Å². The zero-order valence-electron chi connectivity index (χ0n) is 9.50. The number of rotatable bonds is 6. The molecule has 0 saturated carbocycles. The van der Waals surface area contributed by atoms with Gasteiger partial charge in [-0.05, 0) is 26.2 Å². The molecule has 3 nitrogen and oxygen atoms in total. The molecular weight excluding hydrogens is 180 g/mol. The predicted molar refractivity (Wildman–Crippen MR) is 54.9 cm³/mol. The fourth-order valence-corrected chi connectivity index (χ4v) is 1.33. The summed E-state index contributed by atoms with van der Waals surface area (Å²) in [5.74, 6) is 0.0379. The average Bonchev–Trinajstić information content (AvgIpc) is 2.03. The molecular formula is C11H20O3. The Hall–Kier alpha value is -0.860. The third-order valence-corrected chi connectivity index (χ3v) is 2.20. The molecule has 0 unspecified atom stereocenters. The van der Waals surface area contributed by atoms with E-state index in [2.05, 4.69) is 0 Å². The molecule has 0 bridgehead atoms. The van der Waals surface area contributed by atoms with Gasteiger partial charge in [-0.25, -0.2) is 0 Å². The van der Waals surface area contributed by atoms with Crippen LogP contribution in [0.5, 0.6) is 0 Å². The van der Waals surface area contributed by atoms with Crippen LogP contribution >= 0.6 is 0 Å². The summed E-state index contributed by atoms with van der Waals surface area (Å²) < 4.78 is 4.95. The summed E-state index contributed by atoms with van der Waals surface area (Å²) in [6.45, 7) is 7.69. The van der Waals surface area contributed by atoms with Crippen molar-refractivity contribution >= 4 is 11.8 Å². The molecule has 0 aromatic rings. The smallest absolute Gasteiger partial charge is 0.309 e. The van der Waals surface area contributed by atoms with Crippen molar-refractivity contribution in [1.29, 1.82) is 0 Å². The number of ether oxygens (including phenoxy) is 1. The summed E-state index contributed by atoms with van der Waals surface area (Å²) in [4.78, 5) is 22.3. The van der Waals surface area contributed by atoms with E-state index in [0.717, 1.165) is 0 Å². The summed E-state index contributed by atoms with van der Waals surface area (Å²) in [6.07, 6.45) is 1.06. The van der Waals surface area contributed by atoms with Crippen molar-refractivity contribution < 1.29 is 14.3 Å². The number of carbonyl (C=O) groups is 2. The standard InChI is InChI=1S/C11H20O3/c1-5-14-11(13)10(8(2)3)7-6-9(4)12/h8,10H,5-7H2,1-4H3/t10-/m1/s1. The summed E-state index contributed by atoms with van der Waals surface area (Å²) in [6, 6.07) is 0. The summed E-state index contributed by atoms with van der Waals surface area (Å²) in [7, 11) is 0. The van der Waals surface area contributed by atoms with E-state index in [9.17, 15) is 9.59 Å². The van der Waals surface area contributed by atoms with Gasteiger partial charge in [0.15, 0.2) is 0 Å². The van der Waals surface area contributed by atoms with E-state index in [-0.39, 0.29) is 23.6 Å². The van der Waals surface area contributed by atoms with Crippen molar-refractivity contribution in [2.45, 2.75) is 40.5 Å². The molecule has 0 radical (unpaired) electrons. The lowest BCUT2D eigenvalue weighted by Crippen LogP contribution is -2.23. The maximum Gasteiger partial charge on any atom is 0.309 e. The number of carbonyl (C=O) groups excluding carboxylic acids is 2. The minimum Gasteiger partial charge on any atom is -0.466 e. The quantitative estimate of drug-likeness (QED) is 0.617. The van der Waals surface area contributed by atoms with Crippen molar-refractivity contribution in [3.8, 4) is 0 Å². The Morgan fingerprint density at radius 2 is 1.86 bits per heavy atom. The molecule has 3 heteroatoms. The van der Waals surface area contributed by atoms with Gasteiger partial charge in [0.2, 0.25) is 0 Å². The Balaban J connectivity index is 4.14. The number of hydrogen-bond donors (Lipinski definition) is 0. The molecule has 0 spiro atoms. The first-order valence-electron chi connectivity index (χ1n) is 5.15. The van der Waals surface area contributed by atoms with E-state index in [1.165, 1.54) is 0 Å². The van der Waals surface area contributed by atoms with Crippen molar-refractivity contribution in [2.75, 3.05) is 6.61 Å². The molecule has 0 aromatic carbocycles. The number of hydrogen-bond acceptors (Lipinski definition) is 3. The number of ketones is 1. The minimum atomic E-state index is -0.177. The molecule has 14 heavy (non-hydrogen) atoms. The minimum absolute atomic E-state index is 0.125. The van der Waals surface area contributed by atoms with Crippen LogP contribution in [0.15, 0.2) is 0 Å². The molecule has 0 saturated heterocycles. The third kappa shape index (κ3) is 5.00. The van der Waals surface area contributed by atoms with Crippen molar-refractivity contribution in [1.82, 2.24) is 0 Å². The highest BCUT2D eigenvalue weighted by atomic mass is 16.5. The Morgan fingerprint density at radius 1 is 1.29 bits per heavy atom. The second kappa shape index (κ2) is 6.57. The number of Topliss-reactive ketones (excluding diaryl/α,β-unsaturated/α-hetero) is 1. The molecule has 0 fully saturated rings. The van der Waals surface area contributed by atoms with Crippen LogP contribution in [0.2, 0.25) is 0 Å². The highest BCUT2D eigenvalue weighted by Crippen LogP contribution is 2.19. The molecule has 0 aliphatic heterocycles. The lowest BCUT2D eigenvalue weighted by molar-refractivity contribution is -0.149. The van der Waals surface area contributed by atoms with Crippen LogP contribution in [0.4, 0.5) is 0 Å². The van der Waals surface area contributed by atoms with E-state index in [4.69, 9.17) is 4.74 Å². The van der Waals surface area contributed by atoms with Gasteiger partial charge in [0.1, 0.15) is 5.78 Å². The maximum absolute atomic E-state index is 11.5. The molecule has 0 rings (SSSR count). The fraction of sp³-hybridized carbons (Fsp3) is 0.818. The second-order valence-electron chi connectivity index (χ2n) is 3.84. The lowest BCUT2D eigenvalue weighted by Gasteiger charge is -2.18. The van der Waals surface area contributed by atoms with Crippen molar-refractivity contribution in [2.24, 2.45) is 11.8 Å². The van der Waals surface area contributed by atoms with Gasteiger partial charge in [-0.3, -0.25) is 4.79 Å². The van der Waals surface area contributed by atoms with Gasteiger partial charge < -0.3 is 9.53 Å². The van der Waals surface area contributed by atoms with Gasteiger partial charge in [-0.1, -0.05) is 13.8 Å². The van der Waals surface area contributed by atoms with Crippen LogP contribution < -0.4 is 0 Å². The molecule has 0 aromatic heterocycles. The topological polar surface area (TPSA) is 43.4 Å². The highest BCUT2D eigenvalue weighted by molar-refractivity contribution is 5.77. The Bertz CT molecular complexity index is 197. The van der Waals surface area contributed by atoms with E-state index < -0.39 is 0 Å². The van der Waals surface area contributed by atoms with Crippen LogP contribution in [0.25, 0.3) is 0 Å². The number of esters is 1. The Kier molecular flexibility index (Phi) is 6.17. The molecule has 0 aliphatic rings. The molecule has 0 N–H and O–H groups in total. The van der Waals surface area contributed by atoms with Gasteiger partial charge in [0.25, 0.3) is 0 Å². The SMILES string of the molecule is CCOC(=O)[C@H](CCC(C)=O)C(C)C. The monoisotopic (exact) mass is 200 g/mol. The average molecular weight is 200 g/mol. The van der Waals surface area contributed by atoms with E-state index in [1.807, 2.05) is 13.8 Å². The van der Waals surface area contributed by atoms with Crippen LogP contribution in [0.3, 0.4) is 0 Å². The Labute approximate surface area is 85.8 Å². The van der Waals surface area contributed by atoms with Crippen LogP contribution in [-0.4, -0.2) is 18.4 Å². The summed E-state index contributed by atoms with van der Waals surface area (Å²) in [5, 5.41) is 0. The largest absolute Gasteiger partial charge is 0.466 e. The van der Waals surface area contributed by atoms with Crippen LogP contribution in [0.1, 0.15) is 40.5 Å². The van der Waals surface area contributed by atoms with Crippen LogP contribution in [0, 0.1) is 11.8 Å². The molecule has 82 valence electrons. The molecule has 0 aliphatic carbocycles. The summed E-state index contributed by atoms with van der Waals surface area (Å²) in [5.41, 5.74) is 0. The highest BCUT2D eigenvalue weighted by Gasteiger charge is 2.23. The summed E-state index contributed by atoms with van der Waals surface area (Å²) >= 11 is 0. The van der Waals surface area contributed by atoms with Crippen molar-refractivity contribution in [3.63, 3.8) is 0 Å². The van der Waals surface area contributed by atoms with E-state index in [1.54, 1.807) is 13.8 Å². The lowest BCUT2D eigenvalue weighted by atomic mass is 9.90. The first-order chi connectivity index (χ1) is 6.49. The van der Waals surface area contributed by atoms with Gasteiger partial charge in [0, 0.05) is 6.42 Å². The first kappa shape index (κ1) is 13.1. The predicted octanol–water partition coefficient (Wildman–Crippen LogP) is 2.19. The zero-order chi connectivity index (χ0) is 11.1. The first-order valence-corrected chi connectivity index (χ1v) is 5.15. The van der Waals surface area contributed by atoms with Gasteiger partial charge in [-0.2, -0.15) is 0 Å². The Morgan fingerprint density at radius 3 is 2.21 bits per heavy atom. The molecule has 1 atom stereocenters. The second-order valence-corrected chi connectivity index (χ2v) is 3.84. The van der Waals surface area contributed by atoms with Crippen LogP contribution in [-0.2, 0) is 14.3 Å². The molecule has 0 amide bonds. The fourth-order valence-electron chi connectivity index (χ4n) is 1.33. The zero-order valence-corrected chi connectivity index (χ0v) is 9.50. The molecule has 0 heterocycles. The third-order valence-electron chi connectivity index (χ3n) is 2.20. The van der Waals surface area contributed by atoms with Crippen molar-refractivity contribution in [3.05, 3.63) is 0 Å². The maximum atomic E-state index is 11.5. The van der Waals surface area contributed by atoms with Gasteiger partial charge in [0.05, 0.1) is 12.5 Å². The normalized spacial score (nSPS) is 12.6.